The van der Waals surface area contributed by atoms with E-state index in [0.717, 1.165) is 0 Å². The molecule has 1 atom stereocenters. The molecule has 0 spiro atoms. The first-order chi connectivity index (χ1) is 8.91. The Morgan fingerprint density at radius 1 is 1.58 bits per heavy atom. The number of carbonyl (C=O) groups is 2. The van der Waals surface area contributed by atoms with Gasteiger partial charge in [-0.1, -0.05) is 0 Å². The fraction of sp³-hybridized carbons (Fsp3) is 0.583. The molecule has 7 nitrogen and oxygen atoms in total. The maximum atomic E-state index is 11.9. The minimum Gasteiger partial charge on any atom is -0.479 e. The Kier molecular flexibility index (Phi) is 3.57. The normalized spacial score (nSPS) is 19.4. The van der Waals surface area contributed by atoms with Crippen molar-refractivity contribution in [1.82, 2.24) is 9.78 Å². The molecule has 2 rings (SSSR count). The maximum Gasteiger partial charge on any atom is 0.331 e. The molecule has 0 aromatic carbocycles. The van der Waals surface area contributed by atoms with Gasteiger partial charge in [0.05, 0.1) is 12.5 Å². The van der Waals surface area contributed by atoms with Crippen LogP contribution >= 0.6 is 0 Å². The van der Waals surface area contributed by atoms with Crippen molar-refractivity contribution in [2.45, 2.75) is 25.8 Å². The van der Waals surface area contributed by atoms with E-state index in [-0.39, 0.29) is 11.8 Å². The lowest BCUT2D eigenvalue weighted by atomic mass is 10.1. The highest BCUT2D eigenvalue weighted by molar-refractivity contribution is 5.91. The molecule has 1 unspecified atom stereocenters. The number of nitrogens with one attached hydrogen (secondary N) is 1. The van der Waals surface area contributed by atoms with Crippen LogP contribution in [0.2, 0.25) is 0 Å². The number of aliphatic carboxylic acids is 1. The molecule has 19 heavy (non-hydrogen) atoms. The van der Waals surface area contributed by atoms with Gasteiger partial charge in [-0.25, -0.2) is 4.79 Å². The number of carboxylic acids is 1. The van der Waals surface area contributed by atoms with Crippen molar-refractivity contribution in [2.24, 2.45) is 5.92 Å². The van der Waals surface area contributed by atoms with Crippen LogP contribution in [-0.2, 0) is 19.9 Å². The molecule has 0 saturated carbocycles. The average Bonchev–Trinajstić information content (AvgIpc) is 2.99. The van der Waals surface area contributed by atoms with Gasteiger partial charge in [-0.05, 0) is 20.3 Å². The van der Waals surface area contributed by atoms with Gasteiger partial charge in [0, 0.05) is 18.9 Å². The van der Waals surface area contributed by atoms with Crippen LogP contribution in [0, 0.1) is 5.92 Å². The van der Waals surface area contributed by atoms with Gasteiger partial charge in [0.15, 0.2) is 11.4 Å². The van der Waals surface area contributed by atoms with Crippen molar-refractivity contribution < 1.29 is 19.4 Å². The number of hydrogen-bond acceptors (Lipinski definition) is 4. The summed E-state index contributed by atoms with van der Waals surface area (Å²) in [5.74, 6) is -0.933. The molecule has 1 saturated heterocycles. The standard InChI is InChI=1S/C12H17N3O4/c1-12(2,11(17)18)15-5-3-9(14-15)13-10(16)8-4-6-19-7-8/h3,5,8H,4,6-7H2,1-2H3,(H,17,18)(H,13,14,16). The van der Waals surface area contributed by atoms with E-state index in [0.29, 0.717) is 25.5 Å². The van der Waals surface area contributed by atoms with E-state index in [2.05, 4.69) is 10.4 Å². The molecule has 1 aromatic heterocycles. The lowest BCUT2D eigenvalue weighted by molar-refractivity contribution is -0.146. The quantitative estimate of drug-likeness (QED) is 0.836. The highest BCUT2D eigenvalue weighted by Gasteiger charge is 2.30. The Morgan fingerprint density at radius 2 is 2.32 bits per heavy atom. The third-order valence-corrected chi connectivity index (χ3v) is 3.24. The summed E-state index contributed by atoms with van der Waals surface area (Å²) >= 11 is 0. The highest BCUT2D eigenvalue weighted by atomic mass is 16.5. The minimum atomic E-state index is -1.15. The van der Waals surface area contributed by atoms with E-state index < -0.39 is 11.5 Å². The van der Waals surface area contributed by atoms with Crippen molar-refractivity contribution in [2.75, 3.05) is 18.5 Å². The van der Waals surface area contributed by atoms with Crippen molar-refractivity contribution in [1.29, 1.82) is 0 Å². The molecule has 0 bridgehead atoms. The molecule has 7 heteroatoms. The van der Waals surface area contributed by atoms with Crippen LogP contribution in [0.25, 0.3) is 0 Å². The summed E-state index contributed by atoms with van der Waals surface area (Å²) in [6.07, 6.45) is 2.24. The zero-order valence-electron chi connectivity index (χ0n) is 10.9. The van der Waals surface area contributed by atoms with E-state index in [1.54, 1.807) is 19.9 Å². The smallest absolute Gasteiger partial charge is 0.331 e. The fourth-order valence-corrected chi connectivity index (χ4v) is 1.77. The SMILES string of the molecule is CC(C)(C(=O)O)n1ccc(NC(=O)C2CCOC2)n1. The van der Waals surface area contributed by atoms with Gasteiger partial charge in [0.2, 0.25) is 5.91 Å². The Morgan fingerprint density at radius 3 is 2.89 bits per heavy atom. The number of hydrogen-bond donors (Lipinski definition) is 2. The highest BCUT2D eigenvalue weighted by Crippen LogP contribution is 2.18. The predicted molar refractivity (Wildman–Crippen MR) is 66.7 cm³/mol. The van der Waals surface area contributed by atoms with E-state index in [4.69, 9.17) is 9.84 Å². The van der Waals surface area contributed by atoms with E-state index in [9.17, 15) is 9.59 Å². The van der Waals surface area contributed by atoms with Crippen LogP contribution in [0.4, 0.5) is 5.82 Å². The van der Waals surface area contributed by atoms with Crippen molar-refractivity contribution in [3.63, 3.8) is 0 Å². The number of anilines is 1. The molecule has 1 aromatic rings. The first-order valence-corrected chi connectivity index (χ1v) is 6.09. The monoisotopic (exact) mass is 267 g/mol. The largest absolute Gasteiger partial charge is 0.479 e. The van der Waals surface area contributed by atoms with E-state index >= 15 is 0 Å². The third kappa shape index (κ3) is 2.76. The molecule has 0 radical (unpaired) electrons. The number of carboxylic acid groups (broad SMARTS) is 1. The number of amides is 1. The van der Waals surface area contributed by atoms with Crippen LogP contribution in [0.5, 0.6) is 0 Å². The van der Waals surface area contributed by atoms with Gasteiger partial charge >= 0.3 is 5.97 Å². The summed E-state index contributed by atoms with van der Waals surface area (Å²) in [6, 6.07) is 1.58. The van der Waals surface area contributed by atoms with Gasteiger partial charge in [-0.2, -0.15) is 5.10 Å². The van der Waals surface area contributed by atoms with Gasteiger partial charge in [-0.3, -0.25) is 9.48 Å². The Hall–Kier alpha value is -1.89. The van der Waals surface area contributed by atoms with Crippen molar-refractivity contribution in [3.05, 3.63) is 12.3 Å². The molecule has 0 aliphatic carbocycles. The summed E-state index contributed by atoms with van der Waals surface area (Å²) in [6.45, 7) is 4.10. The average molecular weight is 267 g/mol. The van der Waals surface area contributed by atoms with Gasteiger partial charge in [0.1, 0.15) is 0 Å². The van der Waals surface area contributed by atoms with Crippen molar-refractivity contribution in [3.8, 4) is 0 Å². The number of aromatic nitrogens is 2. The Balaban J connectivity index is 2.05. The van der Waals surface area contributed by atoms with Crippen LogP contribution in [-0.4, -0.2) is 40.0 Å². The second-order valence-corrected chi connectivity index (χ2v) is 5.06. The Labute approximate surface area is 110 Å². The molecule has 1 amide bonds. The molecule has 1 aliphatic heterocycles. The number of nitrogens with zero attached hydrogens (tertiary/aromatic N) is 2. The molecule has 1 aliphatic rings. The summed E-state index contributed by atoms with van der Waals surface area (Å²) in [7, 11) is 0. The molecule has 2 N–H and O–H groups in total. The topological polar surface area (TPSA) is 93.5 Å². The summed E-state index contributed by atoms with van der Waals surface area (Å²) in [5.41, 5.74) is -1.15. The second-order valence-electron chi connectivity index (χ2n) is 5.06. The lowest BCUT2D eigenvalue weighted by Crippen LogP contribution is -2.36. The summed E-state index contributed by atoms with van der Waals surface area (Å²) in [4.78, 5) is 22.9. The van der Waals surface area contributed by atoms with Crippen LogP contribution in [0.1, 0.15) is 20.3 Å². The lowest BCUT2D eigenvalue weighted by Gasteiger charge is -2.19. The number of rotatable bonds is 4. The molecular weight excluding hydrogens is 250 g/mol. The first kappa shape index (κ1) is 13.5. The molecule has 2 heterocycles. The fourth-order valence-electron chi connectivity index (χ4n) is 1.77. The first-order valence-electron chi connectivity index (χ1n) is 6.09. The Bertz CT molecular complexity index is 489. The summed E-state index contributed by atoms with van der Waals surface area (Å²) in [5, 5.41) is 15.8. The molecule has 1 fully saturated rings. The van der Waals surface area contributed by atoms with Gasteiger partial charge in [-0.15, -0.1) is 0 Å². The second kappa shape index (κ2) is 5.00. The predicted octanol–water partition coefficient (Wildman–Crippen LogP) is 0.678. The maximum absolute atomic E-state index is 11.9. The van der Waals surface area contributed by atoms with Crippen LogP contribution in [0.15, 0.2) is 12.3 Å². The summed E-state index contributed by atoms with van der Waals surface area (Å²) < 4.78 is 6.46. The van der Waals surface area contributed by atoms with E-state index in [1.807, 2.05) is 0 Å². The van der Waals surface area contributed by atoms with Crippen LogP contribution < -0.4 is 5.32 Å². The zero-order valence-corrected chi connectivity index (χ0v) is 10.9. The minimum absolute atomic E-state index is 0.143. The van der Waals surface area contributed by atoms with E-state index in [1.165, 1.54) is 10.9 Å². The molecular formula is C12H17N3O4. The van der Waals surface area contributed by atoms with Gasteiger partial charge < -0.3 is 15.2 Å². The van der Waals surface area contributed by atoms with Crippen LogP contribution in [0.3, 0.4) is 0 Å². The molecule has 104 valence electrons. The number of carbonyl (C=O) groups excluding carboxylic acids is 1. The van der Waals surface area contributed by atoms with Crippen molar-refractivity contribution >= 4 is 17.7 Å². The number of ether oxygens (including phenoxy) is 1. The third-order valence-electron chi connectivity index (χ3n) is 3.24. The van der Waals surface area contributed by atoms with Gasteiger partial charge in [0.25, 0.3) is 0 Å². The zero-order chi connectivity index (χ0) is 14.0.